The van der Waals surface area contributed by atoms with Crippen molar-refractivity contribution < 1.29 is 17.6 Å². The van der Waals surface area contributed by atoms with E-state index in [9.17, 15) is 17.6 Å². The van der Waals surface area contributed by atoms with Crippen LogP contribution >= 0.6 is 27.3 Å². The molecule has 0 radical (unpaired) electrons. The molecule has 1 rings (SSSR count). The summed E-state index contributed by atoms with van der Waals surface area (Å²) in [6, 6.07) is 3.51. The highest BCUT2D eigenvalue weighted by Gasteiger charge is 2.39. The van der Waals surface area contributed by atoms with E-state index >= 15 is 0 Å². The molecule has 0 atom stereocenters. The lowest BCUT2D eigenvalue weighted by Crippen LogP contribution is -2.38. The number of rotatable bonds is 5. The van der Waals surface area contributed by atoms with Crippen LogP contribution in [0.15, 0.2) is 15.9 Å². The molecular formula is C8H8BrF4NS. The smallest absolute Gasteiger partial charge is 0.306 e. The third-order valence-corrected chi connectivity index (χ3v) is 3.23. The molecule has 0 aliphatic rings. The molecule has 0 aromatic carbocycles. The summed E-state index contributed by atoms with van der Waals surface area (Å²) in [5.74, 6) is -3.96. The van der Waals surface area contributed by atoms with E-state index in [1.165, 1.54) is 11.3 Å². The molecule has 0 unspecified atom stereocenters. The zero-order chi connectivity index (χ0) is 11.5. The van der Waals surface area contributed by atoms with Crippen molar-refractivity contribution in [3.8, 4) is 0 Å². The lowest BCUT2D eigenvalue weighted by Gasteiger charge is -2.15. The average Bonchev–Trinajstić information content (AvgIpc) is 2.51. The maximum atomic E-state index is 12.4. The minimum atomic E-state index is -3.96. The van der Waals surface area contributed by atoms with Gasteiger partial charge in [0.05, 0.1) is 10.3 Å². The second-order valence-corrected chi connectivity index (χ2v) is 5.42. The molecule has 86 valence electrons. The summed E-state index contributed by atoms with van der Waals surface area (Å²) < 4.78 is 49.2. The minimum Gasteiger partial charge on any atom is -0.306 e. The van der Waals surface area contributed by atoms with Crippen molar-refractivity contribution in [3.05, 3.63) is 20.8 Å². The maximum Gasteiger partial charge on any atom is 0.319 e. The van der Waals surface area contributed by atoms with E-state index in [2.05, 4.69) is 21.2 Å². The van der Waals surface area contributed by atoms with Crippen LogP contribution in [-0.4, -0.2) is 18.9 Å². The highest BCUT2D eigenvalue weighted by molar-refractivity contribution is 9.11. The third kappa shape index (κ3) is 4.08. The fourth-order valence-corrected chi connectivity index (χ4v) is 2.33. The molecule has 0 fully saturated rings. The molecule has 1 N–H and O–H groups in total. The summed E-state index contributed by atoms with van der Waals surface area (Å²) in [6.45, 7) is -0.848. The van der Waals surface area contributed by atoms with E-state index in [-0.39, 0.29) is 6.54 Å². The van der Waals surface area contributed by atoms with E-state index in [1.54, 1.807) is 12.1 Å². The molecule has 0 aliphatic heterocycles. The topological polar surface area (TPSA) is 12.0 Å². The fraction of sp³-hybridized carbons (Fsp3) is 0.500. The first-order chi connectivity index (χ1) is 6.92. The number of nitrogens with one attached hydrogen (secondary N) is 1. The van der Waals surface area contributed by atoms with Crippen LogP contribution in [0.4, 0.5) is 17.6 Å². The van der Waals surface area contributed by atoms with Gasteiger partial charge < -0.3 is 5.32 Å². The summed E-state index contributed by atoms with van der Waals surface area (Å²) in [5.41, 5.74) is 0. The summed E-state index contributed by atoms with van der Waals surface area (Å²) >= 11 is 4.58. The van der Waals surface area contributed by atoms with Crippen LogP contribution in [0.1, 0.15) is 4.88 Å². The van der Waals surface area contributed by atoms with Crippen molar-refractivity contribution in [2.24, 2.45) is 0 Å². The number of halogens is 5. The van der Waals surface area contributed by atoms with Crippen molar-refractivity contribution in [3.63, 3.8) is 0 Å². The van der Waals surface area contributed by atoms with Crippen LogP contribution in [0.5, 0.6) is 0 Å². The SMILES string of the molecule is FC(F)C(F)(F)CNCc1ccc(Br)s1. The Morgan fingerprint density at radius 2 is 2.07 bits per heavy atom. The van der Waals surface area contributed by atoms with Crippen molar-refractivity contribution in [1.29, 1.82) is 0 Å². The van der Waals surface area contributed by atoms with Gasteiger partial charge in [0, 0.05) is 11.4 Å². The molecule has 1 aromatic rings. The monoisotopic (exact) mass is 305 g/mol. The van der Waals surface area contributed by atoms with Crippen LogP contribution in [0.25, 0.3) is 0 Å². The van der Waals surface area contributed by atoms with Crippen molar-refractivity contribution in [2.75, 3.05) is 6.54 Å². The van der Waals surface area contributed by atoms with Gasteiger partial charge in [0.15, 0.2) is 0 Å². The molecule has 0 bridgehead atoms. The van der Waals surface area contributed by atoms with Gasteiger partial charge in [0.1, 0.15) is 0 Å². The Morgan fingerprint density at radius 1 is 1.40 bits per heavy atom. The highest BCUT2D eigenvalue weighted by atomic mass is 79.9. The van der Waals surface area contributed by atoms with E-state index in [0.29, 0.717) is 0 Å². The Balaban J connectivity index is 2.33. The van der Waals surface area contributed by atoms with E-state index < -0.39 is 18.9 Å². The quantitative estimate of drug-likeness (QED) is 0.821. The molecule has 1 aromatic heterocycles. The third-order valence-electron chi connectivity index (χ3n) is 1.61. The van der Waals surface area contributed by atoms with Crippen LogP contribution < -0.4 is 5.32 Å². The second kappa shape index (κ2) is 5.27. The van der Waals surface area contributed by atoms with E-state index in [4.69, 9.17) is 0 Å². The molecule has 0 aliphatic carbocycles. The fourth-order valence-electron chi connectivity index (χ4n) is 0.876. The summed E-state index contributed by atoms with van der Waals surface area (Å²) in [4.78, 5) is 0.812. The predicted octanol–water partition coefficient (Wildman–Crippen LogP) is 3.50. The first-order valence-electron chi connectivity index (χ1n) is 4.03. The van der Waals surface area contributed by atoms with Gasteiger partial charge in [-0.3, -0.25) is 0 Å². The average molecular weight is 306 g/mol. The maximum absolute atomic E-state index is 12.4. The minimum absolute atomic E-state index is 0.165. The van der Waals surface area contributed by atoms with Crippen LogP contribution in [0.2, 0.25) is 0 Å². The Hall–Kier alpha value is -0.140. The van der Waals surface area contributed by atoms with Crippen molar-refractivity contribution in [1.82, 2.24) is 5.32 Å². The number of thiophene rings is 1. The predicted molar refractivity (Wildman–Crippen MR) is 54.7 cm³/mol. The molecule has 0 saturated carbocycles. The van der Waals surface area contributed by atoms with Crippen LogP contribution in [0.3, 0.4) is 0 Å². The second-order valence-electron chi connectivity index (χ2n) is 2.87. The highest BCUT2D eigenvalue weighted by Crippen LogP contribution is 2.23. The summed E-state index contributed by atoms with van der Waals surface area (Å²) in [6.07, 6.45) is -3.62. The Labute approximate surface area is 96.6 Å². The van der Waals surface area contributed by atoms with Gasteiger partial charge in [-0.15, -0.1) is 11.3 Å². The van der Waals surface area contributed by atoms with Crippen molar-refractivity contribution in [2.45, 2.75) is 18.9 Å². The van der Waals surface area contributed by atoms with Gasteiger partial charge in [-0.1, -0.05) is 0 Å². The largest absolute Gasteiger partial charge is 0.319 e. The zero-order valence-corrected chi connectivity index (χ0v) is 9.85. The standard InChI is InChI=1S/C8H8BrF4NS/c9-6-2-1-5(15-6)3-14-4-8(12,13)7(10)11/h1-2,7,14H,3-4H2. The lowest BCUT2D eigenvalue weighted by molar-refractivity contribution is -0.125. The normalized spacial score (nSPS) is 12.4. The van der Waals surface area contributed by atoms with Gasteiger partial charge in [-0.05, 0) is 28.1 Å². The molecular weight excluding hydrogens is 298 g/mol. The first-order valence-corrected chi connectivity index (χ1v) is 5.63. The lowest BCUT2D eigenvalue weighted by atomic mass is 10.3. The summed E-state index contributed by atoms with van der Waals surface area (Å²) in [5, 5.41) is 2.30. The van der Waals surface area contributed by atoms with Gasteiger partial charge in [0.2, 0.25) is 0 Å². The Bertz CT molecular complexity index is 315. The van der Waals surface area contributed by atoms with Gasteiger partial charge in [0.25, 0.3) is 0 Å². The molecule has 0 saturated heterocycles. The molecule has 1 heterocycles. The van der Waals surface area contributed by atoms with Crippen LogP contribution in [-0.2, 0) is 6.54 Å². The van der Waals surface area contributed by atoms with Gasteiger partial charge in [-0.2, -0.15) is 8.78 Å². The van der Waals surface area contributed by atoms with Gasteiger partial charge >= 0.3 is 12.3 Å². The molecule has 1 nitrogen and oxygen atoms in total. The Kier molecular flexibility index (Phi) is 4.54. The zero-order valence-electron chi connectivity index (χ0n) is 7.44. The van der Waals surface area contributed by atoms with E-state index in [0.717, 1.165) is 8.66 Å². The molecule has 0 amide bonds. The van der Waals surface area contributed by atoms with Crippen LogP contribution in [0, 0.1) is 0 Å². The number of alkyl halides is 4. The molecule has 15 heavy (non-hydrogen) atoms. The number of hydrogen-bond acceptors (Lipinski definition) is 2. The first kappa shape index (κ1) is 12.9. The van der Waals surface area contributed by atoms with E-state index in [1.807, 2.05) is 0 Å². The molecule has 7 heteroatoms. The Morgan fingerprint density at radius 3 is 2.53 bits per heavy atom. The van der Waals surface area contributed by atoms with Crippen molar-refractivity contribution >= 4 is 27.3 Å². The van der Waals surface area contributed by atoms with Gasteiger partial charge in [-0.25, -0.2) is 8.78 Å². The number of hydrogen-bond donors (Lipinski definition) is 1. The molecule has 0 spiro atoms. The summed E-state index contributed by atoms with van der Waals surface area (Å²) in [7, 11) is 0.